The minimum atomic E-state index is -0.710. The molecule has 2 atom stereocenters. The highest BCUT2D eigenvalue weighted by atomic mass is 19.1. The third-order valence-electron chi connectivity index (χ3n) is 6.01. The van der Waals surface area contributed by atoms with Gasteiger partial charge in [0.25, 0.3) is 0 Å². The van der Waals surface area contributed by atoms with Crippen molar-refractivity contribution in [1.29, 1.82) is 0 Å². The van der Waals surface area contributed by atoms with E-state index in [2.05, 4.69) is 10.4 Å². The number of nitrogens with zero attached hydrogens (tertiary/aromatic N) is 5. The minimum Gasteiger partial charge on any atom is -0.338 e. The van der Waals surface area contributed by atoms with E-state index >= 15 is 0 Å². The highest BCUT2D eigenvalue weighted by Crippen LogP contribution is 2.37. The number of aryl methyl sites for hydroxylation is 1. The molecule has 0 bridgehead atoms. The van der Waals surface area contributed by atoms with Crippen molar-refractivity contribution >= 4 is 17.4 Å². The number of carbonyl (C=O) groups excluding carboxylic acids is 1. The molecule has 0 spiro atoms. The van der Waals surface area contributed by atoms with Gasteiger partial charge in [-0.2, -0.15) is 10.2 Å². The van der Waals surface area contributed by atoms with Gasteiger partial charge >= 0.3 is 0 Å². The Balaban J connectivity index is 1.41. The fourth-order valence-corrected chi connectivity index (χ4v) is 4.09. The number of alkyl halides is 1. The Hall–Kier alpha value is -3.16. The van der Waals surface area contributed by atoms with Crippen LogP contribution >= 0.6 is 0 Å². The predicted molar refractivity (Wildman–Crippen MR) is 112 cm³/mol. The highest BCUT2D eigenvalue weighted by Gasteiger charge is 2.39. The molecule has 0 unspecified atom stereocenters. The summed E-state index contributed by atoms with van der Waals surface area (Å²) in [4.78, 5) is 13.7. The van der Waals surface area contributed by atoms with Gasteiger partial charge < -0.3 is 10.2 Å². The van der Waals surface area contributed by atoms with E-state index in [9.17, 15) is 9.18 Å². The number of anilines is 2. The van der Waals surface area contributed by atoms with Crippen LogP contribution in [0.2, 0.25) is 0 Å². The maximum atomic E-state index is 13.5. The summed E-state index contributed by atoms with van der Waals surface area (Å²) < 4.78 is 17.2. The molecular weight excluding hydrogens is 383 g/mol. The van der Waals surface area contributed by atoms with Gasteiger partial charge in [-0.1, -0.05) is 12.1 Å². The minimum absolute atomic E-state index is 0.0613. The summed E-state index contributed by atoms with van der Waals surface area (Å²) >= 11 is 0. The van der Waals surface area contributed by atoms with E-state index in [1.165, 1.54) is 0 Å². The van der Waals surface area contributed by atoms with Gasteiger partial charge in [-0.05, 0) is 24.1 Å². The molecule has 1 fully saturated rings. The van der Waals surface area contributed by atoms with Crippen molar-refractivity contribution in [2.75, 3.05) is 11.9 Å². The molecular formula is C22H25FN6O. The molecule has 156 valence electrons. The first-order chi connectivity index (χ1) is 14.5. The molecule has 1 N–H and O–H groups in total. The van der Waals surface area contributed by atoms with Crippen LogP contribution in [0.4, 0.5) is 15.9 Å². The van der Waals surface area contributed by atoms with Crippen molar-refractivity contribution in [3.63, 3.8) is 0 Å². The molecule has 8 heteroatoms. The Morgan fingerprint density at radius 2 is 2.03 bits per heavy atom. The Labute approximate surface area is 174 Å². The zero-order valence-corrected chi connectivity index (χ0v) is 17.2. The molecule has 1 aliphatic carbocycles. The zero-order chi connectivity index (χ0) is 20.8. The number of benzene rings is 1. The number of carbonyl (C=O) groups is 1. The summed E-state index contributed by atoms with van der Waals surface area (Å²) in [6.07, 6.45) is 4.47. The van der Waals surface area contributed by atoms with Gasteiger partial charge in [0.2, 0.25) is 5.91 Å². The van der Waals surface area contributed by atoms with E-state index in [4.69, 9.17) is 5.10 Å². The fraction of sp³-hybridized carbons (Fsp3) is 0.409. The number of hydrogen-bond acceptors (Lipinski definition) is 4. The van der Waals surface area contributed by atoms with Gasteiger partial charge in [-0.15, -0.1) is 0 Å². The van der Waals surface area contributed by atoms with Crippen LogP contribution < -0.4 is 5.32 Å². The monoisotopic (exact) mass is 408 g/mol. The Bertz CT molecular complexity index is 1090. The third kappa shape index (κ3) is 3.58. The van der Waals surface area contributed by atoms with Crippen LogP contribution in [0.25, 0.3) is 11.1 Å². The second kappa shape index (κ2) is 7.27. The molecule has 1 amide bonds. The maximum absolute atomic E-state index is 13.5. The number of hydrogen-bond donors (Lipinski definition) is 1. The summed E-state index contributed by atoms with van der Waals surface area (Å²) in [6, 6.07) is 8.11. The van der Waals surface area contributed by atoms with Crippen LogP contribution in [0.1, 0.15) is 24.6 Å². The molecule has 7 nitrogen and oxygen atoms in total. The van der Waals surface area contributed by atoms with Crippen LogP contribution in [0, 0.1) is 5.92 Å². The fourth-order valence-electron chi connectivity index (χ4n) is 4.09. The van der Waals surface area contributed by atoms with Gasteiger partial charge in [-0.25, -0.2) is 4.39 Å². The average Bonchev–Trinajstić information content (AvgIpc) is 3.10. The normalized spacial score (nSPS) is 20.2. The van der Waals surface area contributed by atoms with Crippen LogP contribution in [0.3, 0.4) is 0 Å². The van der Waals surface area contributed by atoms with Gasteiger partial charge in [-0.3, -0.25) is 14.2 Å². The first kappa shape index (κ1) is 18.8. The summed E-state index contributed by atoms with van der Waals surface area (Å²) in [5.74, 6) is 0.874. The summed E-state index contributed by atoms with van der Waals surface area (Å²) in [6.45, 7) is 3.41. The van der Waals surface area contributed by atoms with Crippen molar-refractivity contribution in [3.05, 3.63) is 47.9 Å². The van der Waals surface area contributed by atoms with Crippen LogP contribution in [0.5, 0.6) is 0 Å². The first-order valence-corrected chi connectivity index (χ1v) is 10.3. The van der Waals surface area contributed by atoms with Gasteiger partial charge in [0.15, 0.2) is 5.82 Å². The van der Waals surface area contributed by atoms with E-state index in [0.29, 0.717) is 26.1 Å². The van der Waals surface area contributed by atoms with E-state index < -0.39 is 6.17 Å². The topological polar surface area (TPSA) is 68.0 Å². The molecule has 2 aliphatic rings. The third-order valence-corrected chi connectivity index (χ3v) is 6.01. The number of halogens is 1. The lowest BCUT2D eigenvalue weighted by atomic mass is 10.1. The van der Waals surface area contributed by atoms with E-state index in [1.807, 2.05) is 53.3 Å². The van der Waals surface area contributed by atoms with Crippen molar-refractivity contribution in [2.45, 2.75) is 39.0 Å². The summed E-state index contributed by atoms with van der Waals surface area (Å²) in [7, 11) is 1.90. The number of amides is 1. The van der Waals surface area contributed by atoms with Crippen LogP contribution in [-0.2, 0) is 31.4 Å². The quantitative estimate of drug-likeness (QED) is 0.704. The summed E-state index contributed by atoms with van der Waals surface area (Å²) in [5, 5.41) is 12.4. The van der Waals surface area contributed by atoms with E-state index in [-0.39, 0.29) is 11.8 Å². The standard InChI is InChI=1S/C22H25FN6O/c1-14(30)28-8-7-21-19(13-28)22(26-29(21)12-16-9-20(16)23)25-18-5-3-15(4-6-18)17-10-24-27(2)11-17/h3-6,10-11,16,20H,7-9,12-13H2,1-2H3,(H,25,26)/t16-,20+/m0/s1. The van der Waals surface area contributed by atoms with Crippen LogP contribution in [-0.4, -0.2) is 43.1 Å². The van der Waals surface area contributed by atoms with Crippen molar-refractivity contribution in [3.8, 4) is 11.1 Å². The molecule has 5 rings (SSSR count). The first-order valence-electron chi connectivity index (χ1n) is 10.3. The molecule has 2 aromatic heterocycles. The Morgan fingerprint density at radius 3 is 2.67 bits per heavy atom. The number of aromatic nitrogens is 4. The predicted octanol–water partition coefficient (Wildman–Crippen LogP) is 3.29. The lowest BCUT2D eigenvalue weighted by Crippen LogP contribution is -2.34. The second-order valence-electron chi connectivity index (χ2n) is 8.26. The van der Waals surface area contributed by atoms with Crippen molar-refractivity contribution < 1.29 is 9.18 Å². The van der Waals surface area contributed by atoms with Crippen molar-refractivity contribution in [1.82, 2.24) is 24.5 Å². The molecule has 1 aliphatic heterocycles. The SMILES string of the molecule is CC(=O)N1CCc2c(c(Nc3ccc(-c4cnn(C)c4)cc3)nn2C[C@@H]2C[C@H]2F)C1. The summed E-state index contributed by atoms with van der Waals surface area (Å²) in [5.41, 5.74) is 5.22. The molecule has 3 heterocycles. The van der Waals surface area contributed by atoms with Gasteiger partial charge in [0.1, 0.15) is 6.17 Å². The van der Waals surface area contributed by atoms with Crippen LogP contribution in [0.15, 0.2) is 36.7 Å². The Kier molecular flexibility index (Phi) is 4.56. The maximum Gasteiger partial charge on any atom is 0.219 e. The molecule has 0 radical (unpaired) electrons. The van der Waals surface area contributed by atoms with E-state index in [0.717, 1.165) is 40.3 Å². The van der Waals surface area contributed by atoms with E-state index in [1.54, 1.807) is 11.6 Å². The van der Waals surface area contributed by atoms with Gasteiger partial charge in [0, 0.05) is 68.1 Å². The number of rotatable bonds is 5. The molecule has 3 aromatic rings. The average molecular weight is 408 g/mol. The zero-order valence-electron chi connectivity index (χ0n) is 17.2. The molecule has 1 aromatic carbocycles. The highest BCUT2D eigenvalue weighted by molar-refractivity contribution is 5.74. The lowest BCUT2D eigenvalue weighted by Gasteiger charge is -2.26. The smallest absolute Gasteiger partial charge is 0.219 e. The number of fused-ring (bicyclic) bond motifs is 1. The number of nitrogens with one attached hydrogen (secondary N) is 1. The van der Waals surface area contributed by atoms with Gasteiger partial charge in [0.05, 0.1) is 12.7 Å². The molecule has 30 heavy (non-hydrogen) atoms. The Morgan fingerprint density at radius 1 is 1.27 bits per heavy atom. The molecule has 1 saturated carbocycles. The second-order valence-corrected chi connectivity index (χ2v) is 8.26. The lowest BCUT2D eigenvalue weighted by molar-refractivity contribution is -0.129. The van der Waals surface area contributed by atoms with Crippen molar-refractivity contribution in [2.24, 2.45) is 13.0 Å². The molecule has 0 saturated heterocycles. The largest absolute Gasteiger partial charge is 0.338 e.